The van der Waals surface area contributed by atoms with Crippen LogP contribution >= 0.6 is 0 Å². The minimum absolute atomic E-state index is 0.180. The van der Waals surface area contributed by atoms with Crippen LogP contribution < -0.4 is 5.32 Å². The van der Waals surface area contributed by atoms with Crippen LogP contribution in [0.3, 0.4) is 0 Å². The zero-order valence-electron chi connectivity index (χ0n) is 9.65. The summed E-state index contributed by atoms with van der Waals surface area (Å²) in [6.07, 6.45) is -1.93. The second kappa shape index (κ2) is 5.17. The molecule has 19 heavy (non-hydrogen) atoms. The average molecular weight is 273 g/mol. The Bertz CT molecular complexity index is 546. The van der Waals surface area contributed by atoms with Crippen LogP contribution in [0.25, 0.3) is 0 Å². The fourth-order valence-electron chi connectivity index (χ4n) is 1.40. The molecule has 0 atom stereocenters. The smallest absolute Gasteiger partial charge is 0.435 e. The highest BCUT2D eigenvalue weighted by Crippen LogP contribution is 2.27. The Labute approximate surface area is 106 Å². The molecule has 0 saturated heterocycles. The van der Waals surface area contributed by atoms with Crippen molar-refractivity contribution in [3.8, 4) is 0 Å². The lowest BCUT2D eigenvalue weighted by Gasteiger charge is -2.04. The summed E-state index contributed by atoms with van der Waals surface area (Å²) in [6.45, 7) is -0.101. The fraction of sp³-hybridized carbons (Fsp3) is 0.273. The van der Waals surface area contributed by atoms with Crippen molar-refractivity contribution in [3.63, 3.8) is 0 Å². The zero-order valence-corrected chi connectivity index (χ0v) is 9.65. The molecule has 0 aliphatic carbocycles. The van der Waals surface area contributed by atoms with Gasteiger partial charge in [0, 0.05) is 6.20 Å². The second-order valence-corrected chi connectivity index (χ2v) is 3.75. The van der Waals surface area contributed by atoms with Crippen LogP contribution in [0.5, 0.6) is 0 Å². The molecule has 0 bridgehead atoms. The number of halogens is 3. The van der Waals surface area contributed by atoms with Gasteiger partial charge in [-0.3, -0.25) is 9.48 Å². The van der Waals surface area contributed by atoms with Gasteiger partial charge in [-0.25, -0.2) is 0 Å². The summed E-state index contributed by atoms with van der Waals surface area (Å²) in [5.74, 6) is 0.109. The summed E-state index contributed by atoms with van der Waals surface area (Å²) in [7, 11) is 0. The van der Waals surface area contributed by atoms with Crippen molar-refractivity contribution in [1.29, 1.82) is 0 Å². The minimum Gasteiger partial charge on any atom is -0.467 e. The quantitative estimate of drug-likeness (QED) is 0.924. The molecule has 2 aromatic heterocycles. The molecule has 0 aliphatic heterocycles. The van der Waals surface area contributed by atoms with Crippen molar-refractivity contribution in [2.75, 3.05) is 0 Å². The number of hydrogen-bond donors (Lipinski definition) is 1. The van der Waals surface area contributed by atoms with E-state index < -0.39 is 17.8 Å². The summed E-state index contributed by atoms with van der Waals surface area (Å²) in [5.41, 5.74) is -1.02. The number of rotatable bonds is 4. The molecule has 0 radical (unpaired) electrons. The van der Waals surface area contributed by atoms with Crippen molar-refractivity contribution in [3.05, 3.63) is 42.1 Å². The molecule has 8 heteroatoms. The molecule has 5 nitrogen and oxygen atoms in total. The molecule has 0 spiro atoms. The van der Waals surface area contributed by atoms with Crippen LogP contribution in [-0.2, 0) is 24.1 Å². The third-order valence-corrected chi connectivity index (χ3v) is 2.28. The number of alkyl halides is 3. The van der Waals surface area contributed by atoms with E-state index in [1.807, 2.05) is 0 Å². The van der Waals surface area contributed by atoms with Gasteiger partial charge in [0.05, 0.1) is 12.8 Å². The summed E-state index contributed by atoms with van der Waals surface area (Å²) in [6, 6.07) is 4.17. The monoisotopic (exact) mass is 273 g/mol. The van der Waals surface area contributed by atoms with Gasteiger partial charge in [0.25, 0.3) is 0 Å². The largest absolute Gasteiger partial charge is 0.467 e. The Morgan fingerprint density at radius 2 is 2.21 bits per heavy atom. The van der Waals surface area contributed by atoms with Crippen molar-refractivity contribution < 1.29 is 22.4 Å². The number of aromatic nitrogens is 2. The van der Waals surface area contributed by atoms with E-state index in [2.05, 4.69) is 10.4 Å². The van der Waals surface area contributed by atoms with E-state index in [-0.39, 0.29) is 13.1 Å². The molecule has 0 aromatic carbocycles. The fourth-order valence-corrected chi connectivity index (χ4v) is 1.40. The molecule has 0 saturated carbocycles. The predicted molar refractivity (Wildman–Crippen MR) is 57.8 cm³/mol. The van der Waals surface area contributed by atoms with Gasteiger partial charge >= 0.3 is 6.18 Å². The van der Waals surface area contributed by atoms with E-state index in [1.165, 1.54) is 6.26 Å². The Balaban J connectivity index is 1.87. The van der Waals surface area contributed by atoms with Crippen LogP contribution in [0.1, 0.15) is 11.5 Å². The predicted octanol–water partition coefficient (Wildman–Crippen LogP) is 1.81. The lowest BCUT2D eigenvalue weighted by Crippen LogP contribution is -2.27. The number of furan rings is 1. The number of hydrogen-bond acceptors (Lipinski definition) is 3. The molecule has 2 heterocycles. The van der Waals surface area contributed by atoms with Crippen LogP contribution in [0.2, 0.25) is 0 Å². The van der Waals surface area contributed by atoms with Gasteiger partial charge in [-0.05, 0) is 18.2 Å². The third-order valence-electron chi connectivity index (χ3n) is 2.28. The standard InChI is InChI=1S/C11H10F3N3O2/c12-11(13,14)9-3-4-17(16-9)7-10(18)15-6-8-2-1-5-19-8/h1-5H,6-7H2,(H,15,18). The van der Waals surface area contributed by atoms with Crippen molar-refractivity contribution in [1.82, 2.24) is 15.1 Å². The highest BCUT2D eigenvalue weighted by Gasteiger charge is 2.33. The molecular weight excluding hydrogens is 263 g/mol. The van der Waals surface area contributed by atoms with Gasteiger partial charge in [-0.15, -0.1) is 0 Å². The van der Waals surface area contributed by atoms with Gasteiger partial charge in [0.1, 0.15) is 12.3 Å². The Kier molecular flexibility index (Phi) is 3.59. The summed E-state index contributed by atoms with van der Waals surface area (Å²) >= 11 is 0. The van der Waals surface area contributed by atoms with E-state index in [0.717, 1.165) is 16.9 Å². The summed E-state index contributed by atoms with van der Waals surface area (Å²) in [5, 5.41) is 5.78. The maximum absolute atomic E-state index is 12.3. The van der Waals surface area contributed by atoms with E-state index in [0.29, 0.717) is 5.76 Å². The molecule has 0 unspecified atom stereocenters. The van der Waals surface area contributed by atoms with Gasteiger partial charge in [0.15, 0.2) is 5.69 Å². The van der Waals surface area contributed by atoms with E-state index in [1.54, 1.807) is 12.1 Å². The van der Waals surface area contributed by atoms with E-state index in [9.17, 15) is 18.0 Å². The first kappa shape index (κ1) is 13.2. The van der Waals surface area contributed by atoms with Crippen molar-refractivity contribution >= 4 is 5.91 Å². The first-order chi connectivity index (χ1) is 8.95. The van der Waals surface area contributed by atoms with E-state index in [4.69, 9.17) is 4.42 Å². The zero-order chi connectivity index (χ0) is 13.9. The van der Waals surface area contributed by atoms with Crippen LogP contribution in [0, 0.1) is 0 Å². The van der Waals surface area contributed by atoms with Crippen LogP contribution in [-0.4, -0.2) is 15.7 Å². The van der Waals surface area contributed by atoms with Crippen molar-refractivity contribution in [2.45, 2.75) is 19.3 Å². The molecule has 0 aliphatic rings. The lowest BCUT2D eigenvalue weighted by molar-refractivity contribution is -0.141. The van der Waals surface area contributed by atoms with Crippen molar-refractivity contribution in [2.24, 2.45) is 0 Å². The normalized spacial score (nSPS) is 11.5. The van der Waals surface area contributed by atoms with Crippen LogP contribution in [0.15, 0.2) is 35.1 Å². The molecule has 1 amide bonds. The number of carbonyl (C=O) groups is 1. The molecule has 2 aromatic rings. The Hall–Kier alpha value is -2.25. The SMILES string of the molecule is O=C(Cn1ccc(C(F)(F)F)n1)NCc1ccco1. The number of amides is 1. The molecule has 102 valence electrons. The highest BCUT2D eigenvalue weighted by atomic mass is 19.4. The molecule has 1 N–H and O–H groups in total. The summed E-state index contributed by atoms with van der Waals surface area (Å²) < 4.78 is 42.8. The maximum atomic E-state index is 12.3. The van der Waals surface area contributed by atoms with E-state index >= 15 is 0 Å². The van der Waals surface area contributed by atoms with Gasteiger partial charge < -0.3 is 9.73 Å². The van der Waals surface area contributed by atoms with Gasteiger partial charge in [-0.2, -0.15) is 18.3 Å². The topological polar surface area (TPSA) is 60.1 Å². The lowest BCUT2D eigenvalue weighted by atomic mass is 10.4. The molecule has 2 rings (SSSR count). The summed E-state index contributed by atoms with van der Waals surface area (Å²) in [4.78, 5) is 11.5. The van der Waals surface area contributed by atoms with Gasteiger partial charge in [-0.1, -0.05) is 0 Å². The number of carbonyl (C=O) groups excluding carboxylic acids is 1. The first-order valence-corrected chi connectivity index (χ1v) is 5.35. The molecular formula is C11H10F3N3O2. The number of nitrogens with zero attached hydrogens (tertiary/aromatic N) is 2. The first-order valence-electron chi connectivity index (χ1n) is 5.35. The minimum atomic E-state index is -4.50. The Morgan fingerprint density at radius 1 is 1.42 bits per heavy atom. The third kappa shape index (κ3) is 3.60. The highest BCUT2D eigenvalue weighted by molar-refractivity contribution is 5.75. The average Bonchev–Trinajstić information content (AvgIpc) is 2.95. The molecule has 0 fully saturated rings. The van der Waals surface area contributed by atoms with Gasteiger partial charge in [0.2, 0.25) is 5.91 Å². The number of nitrogens with one attached hydrogen (secondary N) is 1. The Morgan fingerprint density at radius 3 is 2.79 bits per heavy atom. The maximum Gasteiger partial charge on any atom is 0.435 e. The van der Waals surface area contributed by atoms with Crippen LogP contribution in [0.4, 0.5) is 13.2 Å². The second-order valence-electron chi connectivity index (χ2n) is 3.75.